The summed E-state index contributed by atoms with van der Waals surface area (Å²) in [4.78, 5) is 0. The fraction of sp³-hybridized carbons (Fsp3) is 0.357. The second kappa shape index (κ2) is 4.92. The maximum absolute atomic E-state index is 8.86. The van der Waals surface area contributed by atoms with Gasteiger partial charge in [-0.15, -0.1) is 0 Å². The van der Waals surface area contributed by atoms with Crippen molar-refractivity contribution < 1.29 is 9.47 Å². The maximum atomic E-state index is 8.86. The molecular weight excluding hydrogens is 214 g/mol. The molecule has 0 saturated heterocycles. The van der Waals surface area contributed by atoms with Crippen molar-refractivity contribution in [2.45, 2.75) is 19.4 Å². The first-order chi connectivity index (χ1) is 8.24. The summed E-state index contributed by atoms with van der Waals surface area (Å²) in [6, 6.07) is 9.86. The van der Waals surface area contributed by atoms with Gasteiger partial charge in [0.1, 0.15) is 17.9 Å². The zero-order valence-electron chi connectivity index (χ0n) is 10.0. The minimum atomic E-state index is -0.0412. The van der Waals surface area contributed by atoms with Crippen molar-refractivity contribution in [1.82, 2.24) is 0 Å². The van der Waals surface area contributed by atoms with Gasteiger partial charge in [0.25, 0.3) is 0 Å². The van der Waals surface area contributed by atoms with Crippen LogP contribution in [-0.2, 0) is 4.74 Å². The molecule has 0 spiro atoms. The summed E-state index contributed by atoms with van der Waals surface area (Å²) in [6.07, 6.45) is 2.69. The number of hydrogen-bond acceptors (Lipinski definition) is 3. The Kier molecular flexibility index (Phi) is 3.34. The average molecular weight is 229 g/mol. The first kappa shape index (κ1) is 11.5. The molecule has 1 aliphatic rings. The highest BCUT2D eigenvalue weighted by atomic mass is 16.5. The Bertz CT molecular complexity index is 456. The molecule has 1 aromatic carbocycles. The molecule has 0 amide bonds. The zero-order chi connectivity index (χ0) is 12.3. The smallest absolute Gasteiger partial charge is 0.193 e. The second-order valence-electron chi connectivity index (χ2n) is 4.20. The largest absolute Gasteiger partial charge is 0.497 e. The van der Waals surface area contributed by atoms with E-state index in [0.717, 1.165) is 17.7 Å². The molecule has 0 N–H and O–H groups in total. The Morgan fingerprint density at radius 2 is 2.06 bits per heavy atom. The van der Waals surface area contributed by atoms with Gasteiger partial charge in [0.05, 0.1) is 7.11 Å². The number of allylic oxidation sites excluding steroid dienone is 2. The third-order valence-electron chi connectivity index (χ3n) is 3.00. The molecule has 0 aromatic heterocycles. The number of benzene rings is 1. The highest BCUT2D eigenvalue weighted by Crippen LogP contribution is 2.35. The van der Waals surface area contributed by atoms with E-state index in [0.29, 0.717) is 11.7 Å². The van der Waals surface area contributed by atoms with Crippen LogP contribution >= 0.6 is 0 Å². The third kappa shape index (κ3) is 2.42. The summed E-state index contributed by atoms with van der Waals surface area (Å²) in [6.45, 7) is 2.12. The van der Waals surface area contributed by atoms with Crippen LogP contribution in [0, 0.1) is 17.2 Å². The van der Waals surface area contributed by atoms with E-state index >= 15 is 0 Å². The van der Waals surface area contributed by atoms with Crippen LogP contribution in [0.3, 0.4) is 0 Å². The van der Waals surface area contributed by atoms with Gasteiger partial charge in [-0.1, -0.05) is 19.1 Å². The van der Waals surface area contributed by atoms with Gasteiger partial charge in [0, 0.05) is 5.92 Å². The predicted molar refractivity (Wildman–Crippen MR) is 64.3 cm³/mol. The fourth-order valence-electron chi connectivity index (χ4n) is 1.98. The van der Waals surface area contributed by atoms with Gasteiger partial charge >= 0.3 is 0 Å². The number of nitrogens with zero attached hydrogens (tertiary/aromatic N) is 1. The van der Waals surface area contributed by atoms with Crippen LogP contribution in [0.15, 0.2) is 36.1 Å². The molecule has 2 atom stereocenters. The molecule has 2 rings (SSSR count). The van der Waals surface area contributed by atoms with E-state index in [1.807, 2.05) is 30.3 Å². The number of ether oxygens (including phenoxy) is 2. The number of nitriles is 1. The van der Waals surface area contributed by atoms with Crippen molar-refractivity contribution >= 4 is 0 Å². The van der Waals surface area contributed by atoms with Crippen LogP contribution in [0.25, 0.3) is 0 Å². The molecule has 17 heavy (non-hydrogen) atoms. The molecule has 3 heteroatoms. The van der Waals surface area contributed by atoms with Crippen LogP contribution in [0.2, 0.25) is 0 Å². The zero-order valence-corrected chi connectivity index (χ0v) is 10.0. The highest BCUT2D eigenvalue weighted by Gasteiger charge is 2.25. The minimum Gasteiger partial charge on any atom is -0.497 e. The van der Waals surface area contributed by atoms with Crippen molar-refractivity contribution in [3.63, 3.8) is 0 Å². The summed E-state index contributed by atoms with van der Waals surface area (Å²) in [5, 5.41) is 8.86. The Balaban J connectivity index is 2.21. The van der Waals surface area contributed by atoms with Crippen LogP contribution in [-0.4, -0.2) is 7.11 Å². The van der Waals surface area contributed by atoms with Crippen LogP contribution in [0.4, 0.5) is 0 Å². The van der Waals surface area contributed by atoms with E-state index in [4.69, 9.17) is 14.7 Å². The summed E-state index contributed by atoms with van der Waals surface area (Å²) < 4.78 is 10.8. The average Bonchev–Trinajstić information content (AvgIpc) is 2.39. The summed E-state index contributed by atoms with van der Waals surface area (Å²) in [5.41, 5.74) is 1.08. The van der Waals surface area contributed by atoms with E-state index < -0.39 is 0 Å². The lowest BCUT2D eigenvalue weighted by molar-refractivity contribution is 0.0646. The molecule has 0 saturated carbocycles. The summed E-state index contributed by atoms with van der Waals surface area (Å²) >= 11 is 0. The van der Waals surface area contributed by atoms with Crippen molar-refractivity contribution in [1.29, 1.82) is 5.26 Å². The lowest BCUT2D eigenvalue weighted by Gasteiger charge is -2.28. The summed E-state index contributed by atoms with van der Waals surface area (Å²) in [7, 11) is 1.64. The van der Waals surface area contributed by atoms with Crippen molar-refractivity contribution in [3.05, 3.63) is 41.7 Å². The van der Waals surface area contributed by atoms with Crippen LogP contribution < -0.4 is 4.74 Å². The second-order valence-corrected chi connectivity index (χ2v) is 4.20. The van der Waals surface area contributed by atoms with E-state index in [9.17, 15) is 0 Å². The predicted octanol–water partition coefficient (Wildman–Crippen LogP) is 3.20. The Hall–Kier alpha value is -1.95. The topological polar surface area (TPSA) is 42.2 Å². The molecule has 0 fully saturated rings. The molecule has 1 aromatic rings. The number of rotatable bonds is 2. The minimum absolute atomic E-state index is 0.0412. The Morgan fingerprint density at radius 1 is 1.35 bits per heavy atom. The van der Waals surface area contributed by atoms with Gasteiger partial charge < -0.3 is 9.47 Å². The van der Waals surface area contributed by atoms with Crippen molar-refractivity contribution in [2.75, 3.05) is 7.11 Å². The lowest BCUT2D eigenvalue weighted by Crippen LogP contribution is -2.16. The van der Waals surface area contributed by atoms with Gasteiger partial charge in [-0.25, -0.2) is 0 Å². The van der Waals surface area contributed by atoms with E-state index in [1.165, 1.54) is 0 Å². The van der Waals surface area contributed by atoms with Crippen molar-refractivity contribution in [3.8, 4) is 11.8 Å². The van der Waals surface area contributed by atoms with E-state index in [-0.39, 0.29) is 6.10 Å². The molecule has 0 aliphatic carbocycles. The quantitative estimate of drug-likeness (QED) is 0.782. The normalized spacial score (nSPS) is 23.2. The molecule has 88 valence electrons. The third-order valence-corrected chi connectivity index (χ3v) is 3.00. The monoisotopic (exact) mass is 229 g/mol. The maximum Gasteiger partial charge on any atom is 0.193 e. The Labute approximate surface area is 101 Å². The van der Waals surface area contributed by atoms with Crippen LogP contribution in [0.1, 0.15) is 25.0 Å². The van der Waals surface area contributed by atoms with Gasteiger partial charge in [0.15, 0.2) is 5.76 Å². The lowest BCUT2D eigenvalue weighted by atomic mass is 9.92. The fourth-order valence-corrected chi connectivity index (χ4v) is 1.98. The number of methoxy groups -OCH3 is 1. The van der Waals surface area contributed by atoms with E-state index in [1.54, 1.807) is 7.11 Å². The molecule has 1 aliphatic heterocycles. The van der Waals surface area contributed by atoms with Gasteiger partial charge in [0.2, 0.25) is 0 Å². The Morgan fingerprint density at radius 3 is 2.65 bits per heavy atom. The molecular formula is C14H15NO2. The van der Waals surface area contributed by atoms with Crippen LogP contribution in [0.5, 0.6) is 5.75 Å². The van der Waals surface area contributed by atoms with Gasteiger partial charge in [-0.05, 0) is 30.2 Å². The molecule has 1 heterocycles. The van der Waals surface area contributed by atoms with Gasteiger partial charge in [-0.2, -0.15) is 5.26 Å². The van der Waals surface area contributed by atoms with Crippen molar-refractivity contribution in [2.24, 2.45) is 5.92 Å². The number of hydrogen-bond donors (Lipinski definition) is 0. The SMILES string of the molecule is COc1ccc(C2OC(C#N)=CCC2C)cc1. The standard InChI is InChI=1S/C14H15NO2/c1-10-3-6-13(9-15)17-14(10)11-4-7-12(16-2)8-5-11/h4-8,10,14H,3H2,1-2H3. The molecule has 0 radical (unpaired) electrons. The summed E-state index contributed by atoms with van der Waals surface area (Å²) in [5.74, 6) is 1.62. The first-order valence-electron chi connectivity index (χ1n) is 5.65. The molecule has 0 bridgehead atoms. The molecule has 3 nitrogen and oxygen atoms in total. The molecule has 2 unspecified atom stereocenters. The highest BCUT2D eigenvalue weighted by molar-refractivity contribution is 5.30. The van der Waals surface area contributed by atoms with Gasteiger partial charge in [-0.3, -0.25) is 0 Å². The van der Waals surface area contributed by atoms with E-state index in [2.05, 4.69) is 13.0 Å². The first-order valence-corrected chi connectivity index (χ1v) is 5.65.